The van der Waals surface area contributed by atoms with Gasteiger partial charge in [-0.1, -0.05) is 59.6 Å². The number of hydrogen-bond acceptors (Lipinski definition) is 10. The number of amides is 1. The molecule has 4 aromatic rings. The van der Waals surface area contributed by atoms with Crippen LogP contribution in [-0.2, 0) is 17.9 Å². The van der Waals surface area contributed by atoms with Crippen molar-refractivity contribution in [3.63, 3.8) is 0 Å². The fourth-order valence-corrected chi connectivity index (χ4v) is 6.75. The molecule has 2 aromatic heterocycles. The number of likely N-dealkylation sites (tertiary alicyclic amines) is 1. The largest absolute Gasteiger partial charge is 0.480 e. The summed E-state index contributed by atoms with van der Waals surface area (Å²) in [7, 11) is 3.14. The van der Waals surface area contributed by atoms with Gasteiger partial charge in [-0.05, 0) is 25.3 Å². The molecule has 6 rings (SSSR count). The van der Waals surface area contributed by atoms with Crippen molar-refractivity contribution >= 4 is 29.1 Å². The number of aliphatic hydroxyl groups excluding tert-OH is 1. The number of benzene rings is 2. The summed E-state index contributed by atoms with van der Waals surface area (Å²) in [6, 6.07) is 11.5. The summed E-state index contributed by atoms with van der Waals surface area (Å²) in [6.07, 6.45) is 5.72. The van der Waals surface area contributed by atoms with Gasteiger partial charge in [0.2, 0.25) is 17.7 Å². The Morgan fingerprint density at radius 1 is 0.915 bits per heavy atom. The number of rotatable bonds is 12. The monoisotopic (exact) mass is 677 g/mol. The van der Waals surface area contributed by atoms with Crippen molar-refractivity contribution in [2.24, 2.45) is 5.92 Å². The van der Waals surface area contributed by atoms with E-state index >= 15 is 0 Å². The normalized spacial score (nSPS) is 18.0. The number of carbonyl (C=O) groups is 1. The van der Waals surface area contributed by atoms with Gasteiger partial charge in [-0.3, -0.25) is 19.7 Å². The maximum absolute atomic E-state index is 11.5. The molecule has 2 aliphatic rings. The van der Waals surface area contributed by atoms with Crippen LogP contribution >= 0.6 is 23.2 Å². The van der Waals surface area contributed by atoms with E-state index in [0.29, 0.717) is 76.1 Å². The molecule has 3 N–H and O–H groups in total. The van der Waals surface area contributed by atoms with Gasteiger partial charge in [0.05, 0.1) is 48.0 Å². The number of hydrogen-bond donors (Lipinski definition) is 3. The van der Waals surface area contributed by atoms with Gasteiger partial charge in [0.25, 0.3) is 0 Å². The van der Waals surface area contributed by atoms with Crippen LogP contribution in [0.3, 0.4) is 0 Å². The fraction of sp³-hybridized carbons (Fsp3) is 0.382. The maximum Gasteiger partial charge on any atom is 0.237 e. The highest BCUT2D eigenvalue weighted by Gasteiger charge is 2.25. The second-order valence-electron chi connectivity index (χ2n) is 11.8. The van der Waals surface area contributed by atoms with Crippen LogP contribution in [0.1, 0.15) is 30.7 Å². The molecule has 2 saturated heterocycles. The number of aromatic nitrogens is 4. The third-order valence-electron chi connectivity index (χ3n) is 8.62. The van der Waals surface area contributed by atoms with E-state index in [9.17, 15) is 9.90 Å². The molecule has 11 nitrogen and oxygen atoms in total. The molecule has 4 heterocycles. The predicted octanol–water partition coefficient (Wildman–Crippen LogP) is 4.77. The Kier molecular flexibility index (Phi) is 10.5. The van der Waals surface area contributed by atoms with Crippen molar-refractivity contribution in [2.75, 3.05) is 40.5 Å². The topological polar surface area (TPSA) is 135 Å². The zero-order valence-corrected chi connectivity index (χ0v) is 27.8. The van der Waals surface area contributed by atoms with Gasteiger partial charge in [-0.25, -0.2) is 9.97 Å². The summed E-state index contributed by atoms with van der Waals surface area (Å²) < 4.78 is 11.2. The molecule has 2 aliphatic heterocycles. The molecular formula is C34H37Cl2N7O4. The number of methoxy groups -OCH3 is 2. The van der Waals surface area contributed by atoms with Crippen LogP contribution in [0.5, 0.6) is 11.8 Å². The van der Waals surface area contributed by atoms with E-state index in [1.807, 2.05) is 36.4 Å². The van der Waals surface area contributed by atoms with E-state index in [4.69, 9.17) is 47.6 Å². The number of nitrogens with one attached hydrogen (secondary N) is 2. The Bertz CT molecular complexity index is 1760. The SMILES string of the molecule is COc1nc(-c2cccc(-c3cccc(-c4cnc(CN5CCC(CO)C5)c(OC)n4)c3Cl)c2Cl)cnc1CNCC1CCC(=O)N1. The van der Waals surface area contributed by atoms with E-state index < -0.39 is 0 Å². The van der Waals surface area contributed by atoms with Crippen molar-refractivity contribution in [1.29, 1.82) is 0 Å². The second kappa shape index (κ2) is 14.9. The molecule has 0 spiro atoms. The average molecular weight is 679 g/mol. The van der Waals surface area contributed by atoms with Gasteiger partial charge in [-0.15, -0.1) is 0 Å². The van der Waals surface area contributed by atoms with Gasteiger partial charge in [0, 0.05) is 67.5 Å². The average Bonchev–Trinajstić information content (AvgIpc) is 3.73. The summed E-state index contributed by atoms with van der Waals surface area (Å²) in [6.45, 7) is 3.57. The van der Waals surface area contributed by atoms with Crippen LogP contribution in [-0.4, -0.2) is 82.4 Å². The summed E-state index contributed by atoms with van der Waals surface area (Å²) in [5.74, 6) is 1.20. The number of aliphatic hydroxyl groups is 1. The molecule has 13 heteroatoms. The minimum Gasteiger partial charge on any atom is -0.480 e. The molecule has 47 heavy (non-hydrogen) atoms. The van der Waals surface area contributed by atoms with Crippen LogP contribution in [0.2, 0.25) is 10.0 Å². The number of halogens is 2. The predicted molar refractivity (Wildman–Crippen MR) is 180 cm³/mol. The molecule has 0 radical (unpaired) electrons. The van der Waals surface area contributed by atoms with Gasteiger partial charge < -0.3 is 25.2 Å². The number of nitrogens with zero attached hydrogens (tertiary/aromatic N) is 5. The molecule has 0 bridgehead atoms. The zero-order chi connectivity index (χ0) is 32.9. The first-order valence-electron chi connectivity index (χ1n) is 15.6. The van der Waals surface area contributed by atoms with Crippen molar-refractivity contribution in [3.8, 4) is 45.4 Å². The molecule has 0 aliphatic carbocycles. The minimum absolute atomic E-state index is 0.0835. The van der Waals surface area contributed by atoms with Gasteiger partial charge in [-0.2, -0.15) is 0 Å². The summed E-state index contributed by atoms with van der Waals surface area (Å²) in [5.41, 5.74) is 5.36. The molecule has 2 atom stereocenters. The first-order chi connectivity index (χ1) is 22.9. The smallest absolute Gasteiger partial charge is 0.237 e. The third kappa shape index (κ3) is 7.34. The highest BCUT2D eigenvalue weighted by Crippen LogP contribution is 2.42. The Morgan fingerprint density at radius 2 is 1.51 bits per heavy atom. The van der Waals surface area contributed by atoms with Crippen LogP contribution < -0.4 is 20.1 Å². The fourth-order valence-electron chi connectivity index (χ4n) is 6.10. The molecule has 2 unspecified atom stereocenters. The lowest BCUT2D eigenvalue weighted by Gasteiger charge is -2.17. The zero-order valence-electron chi connectivity index (χ0n) is 26.3. The summed E-state index contributed by atoms with van der Waals surface area (Å²) >= 11 is 14.1. The minimum atomic E-state index is 0.0835. The van der Waals surface area contributed by atoms with Gasteiger partial charge in [0.15, 0.2) is 0 Å². The lowest BCUT2D eigenvalue weighted by Crippen LogP contribution is -2.35. The molecule has 1 amide bonds. The van der Waals surface area contributed by atoms with Crippen LogP contribution in [0, 0.1) is 5.92 Å². The molecule has 0 saturated carbocycles. The van der Waals surface area contributed by atoms with E-state index in [2.05, 4.69) is 20.5 Å². The highest BCUT2D eigenvalue weighted by molar-refractivity contribution is 6.39. The van der Waals surface area contributed by atoms with E-state index in [0.717, 1.165) is 42.8 Å². The second-order valence-corrected chi connectivity index (χ2v) is 12.5. The summed E-state index contributed by atoms with van der Waals surface area (Å²) in [4.78, 5) is 32.5. The summed E-state index contributed by atoms with van der Waals surface area (Å²) in [5, 5.41) is 16.7. The number of carbonyl (C=O) groups excluding carboxylic acids is 1. The molecule has 246 valence electrons. The van der Waals surface area contributed by atoms with Crippen molar-refractivity contribution in [3.05, 3.63) is 70.2 Å². The number of ether oxygens (including phenoxy) is 2. The quantitative estimate of drug-likeness (QED) is 0.192. The first-order valence-corrected chi connectivity index (χ1v) is 16.3. The molecule has 2 fully saturated rings. The van der Waals surface area contributed by atoms with Crippen LogP contribution in [0.25, 0.3) is 33.6 Å². The standard InChI is InChI=1S/C34H37Cl2N7O4/c1-46-33-28(14-37-13-21-9-10-30(45)40-21)38-15-26(41-33)24-7-3-5-22(31(24)35)23-6-4-8-25(32(23)36)27-16-39-29(34(42-27)47-2)18-43-12-11-20(17-43)19-44/h3-8,15-16,20-21,37,44H,9-14,17-19H2,1-2H3,(H,40,45). The van der Waals surface area contributed by atoms with E-state index in [1.165, 1.54) is 0 Å². The van der Waals surface area contributed by atoms with Gasteiger partial charge in [0.1, 0.15) is 11.4 Å². The lowest BCUT2D eigenvalue weighted by molar-refractivity contribution is -0.119. The Hall–Kier alpha value is -3.87. The van der Waals surface area contributed by atoms with Crippen molar-refractivity contribution < 1.29 is 19.4 Å². The Morgan fingerprint density at radius 3 is 2.06 bits per heavy atom. The Balaban J connectivity index is 1.23. The lowest BCUT2D eigenvalue weighted by atomic mass is 9.98. The van der Waals surface area contributed by atoms with E-state index in [-0.39, 0.29) is 24.5 Å². The van der Waals surface area contributed by atoms with Crippen LogP contribution in [0.15, 0.2) is 48.8 Å². The van der Waals surface area contributed by atoms with Crippen LogP contribution in [0.4, 0.5) is 0 Å². The van der Waals surface area contributed by atoms with Crippen molar-refractivity contribution in [2.45, 2.75) is 38.4 Å². The third-order valence-corrected chi connectivity index (χ3v) is 9.43. The molecule has 2 aromatic carbocycles. The van der Waals surface area contributed by atoms with Gasteiger partial charge >= 0.3 is 0 Å². The van der Waals surface area contributed by atoms with Crippen molar-refractivity contribution in [1.82, 2.24) is 35.5 Å². The highest BCUT2D eigenvalue weighted by atomic mass is 35.5. The maximum atomic E-state index is 11.5. The first kappa shape index (κ1) is 33.0. The molecular weight excluding hydrogens is 641 g/mol. The Labute approximate surface area is 283 Å². The van der Waals surface area contributed by atoms with E-state index in [1.54, 1.807) is 26.6 Å².